The lowest BCUT2D eigenvalue weighted by atomic mass is 10.1. The van der Waals surface area contributed by atoms with Crippen molar-refractivity contribution in [2.45, 2.75) is 25.9 Å². The van der Waals surface area contributed by atoms with E-state index >= 15 is 0 Å². The molecule has 0 saturated heterocycles. The highest BCUT2D eigenvalue weighted by atomic mass is 32.2. The van der Waals surface area contributed by atoms with Gasteiger partial charge in [0.2, 0.25) is 11.9 Å². The summed E-state index contributed by atoms with van der Waals surface area (Å²) in [7, 11) is -1.89. The van der Waals surface area contributed by atoms with E-state index in [0.29, 0.717) is 25.2 Å². The molecule has 182 valence electrons. The Kier molecular flexibility index (Phi) is 8.96. The molecular weight excluding hydrogens is 465 g/mol. The van der Waals surface area contributed by atoms with Crippen LogP contribution < -0.4 is 21.3 Å². The smallest absolute Gasteiger partial charge is 0.369 e. The molecule has 0 aliphatic carbocycles. The highest BCUT2D eigenvalue weighted by Crippen LogP contribution is 2.34. The average Bonchev–Trinajstić information content (AvgIpc) is 3.10. The number of aromatic nitrogens is 2. The maximum Gasteiger partial charge on any atom is 0.421 e. The minimum atomic E-state index is -4.55. The van der Waals surface area contributed by atoms with E-state index in [1.54, 1.807) is 25.2 Å². The van der Waals surface area contributed by atoms with E-state index in [-0.39, 0.29) is 29.8 Å². The van der Waals surface area contributed by atoms with E-state index in [1.165, 1.54) is 6.92 Å². The molecule has 0 atom stereocenters. The van der Waals surface area contributed by atoms with Gasteiger partial charge in [-0.05, 0) is 50.7 Å². The molecule has 0 fully saturated rings. The number of hydrogen-bond acceptors (Lipinski definition) is 8. The Bertz CT molecular complexity index is 1080. The number of amides is 1. The minimum absolute atomic E-state index is 0.0383. The Hall–Kier alpha value is -2.97. The third kappa shape index (κ3) is 8.47. The van der Waals surface area contributed by atoms with Crippen molar-refractivity contribution in [1.29, 1.82) is 0 Å². The van der Waals surface area contributed by atoms with Crippen molar-refractivity contribution in [1.82, 2.24) is 15.3 Å². The van der Waals surface area contributed by atoms with Gasteiger partial charge in [0.1, 0.15) is 11.4 Å². The van der Waals surface area contributed by atoms with Crippen molar-refractivity contribution in [2.24, 2.45) is 0 Å². The number of carbonyl (C=O) groups is 1. The molecule has 10 nitrogen and oxygen atoms in total. The zero-order valence-corrected chi connectivity index (χ0v) is 18.8. The number of rotatable bonds is 8. The van der Waals surface area contributed by atoms with Crippen LogP contribution in [0.25, 0.3) is 0 Å². The standard InChI is InChI=1S/C17H19F3N6O.C2H6O3S/c1-21-5-2-6-22-15-12(17(18,19)20)9-23-16(26-15)24-11-3-4-13-10(7-11)8-14(27)25-13;1-2-6(3,4)5/h3-4,7,9,21H,2,5-6,8H2,1H3,(H,25,27)(H2,22,23,24,26);2H2,1H3,(H,3,4,5). The van der Waals surface area contributed by atoms with Crippen LogP contribution in [0.15, 0.2) is 24.4 Å². The van der Waals surface area contributed by atoms with Crippen molar-refractivity contribution in [2.75, 3.05) is 41.8 Å². The lowest BCUT2D eigenvalue weighted by molar-refractivity contribution is -0.137. The number of nitrogens with one attached hydrogen (secondary N) is 4. The molecule has 0 spiro atoms. The molecule has 14 heteroatoms. The Labute approximate surface area is 189 Å². The molecular formula is C19H25F3N6O4S. The Morgan fingerprint density at radius 2 is 1.94 bits per heavy atom. The normalized spacial score (nSPS) is 13.0. The second kappa shape index (κ2) is 11.2. The quantitative estimate of drug-likeness (QED) is 0.278. The number of nitrogens with zero attached hydrogens (tertiary/aromatic N) is 2. The molecule has 1 aliphatic heterocycles. The molecule has 3 rings (SSSR count). The van der Waals surface area contributed by atoms with Crippen molar-refractivity contribution >= 4 is 39.2 Å². The maximum atomic E-state index is 13.2. The van der Waals surface area contributed by atoms with E-state index in [2.05, 4.69) is 31.2 Å². The molecule has 2 heterocycles. The monoisotopic (exact) mass is 490 g/mol. The Balaban J connectivity index is 0.000000569. The van der Waals surface area contributed by atoms with Gasteiger partial charge in [-0.1, -0.05) is 0 Å². The number of benzene rings is 1. The van der Waals surface area contributed by atoms with Crippen molar-refractivity contribution in [3.05, 3.63) is 35.5 Å². The first kappa shape index (κ1) is 26.3. The zero-order valence-electron chi connectivity index (χ0n) is 18.0. The van der Waals surface area contributed by atoms with Crippen LogP contribution in [-0.4, -0.2) is 54.7 Å². The second-order valence-corrected chi connectivity index (χ2v) is 8.67. The Morgan fingerprint density at radius 1 is 1.24 bits per heavy atom. The van der Waals surface area contributed by atoms with Crippen LogP contribution in [0, 0.1) is 0 Å². The highest BCUT2D eigenvalue weighted by molar-refractivity contribution is 7.85. The predicted molar refractivity (Wildman–Crippen MR) is 118 cm³/mol. The molecule has 1 aromatic carbocycles. The molecule has 0 unspecified atom stereocenters. The topological polar surface area (TPSA) is 145 Å². The fourth-order valence-corrected chi connectivity index (χ4v) is 2.69. The predicted octanol–water partition coefficient (Wildman–Crippen LogP) is 2.65. The molecule has 33 heavy (non-hydrogen) atoms. The summed E-state index contributed by atoms with van der Waals surface area (Å²) in [6.45, 7) is 2.38. The average molecular weight is 491 g/mol. The SMILES string of the molecule is CCS(=O)(=O)O.CNCCCNc1nc(Nc2ccc3c(c2)CC(=O)N3)ncc1C(F)(F)F. The summed E-state index contributed by atoms with van der Waals surface area (Å²) >= 11 is 0. The Morgan fingerprint density at radius 3 is 2.55 bits per heavy atom. The summed E-state index contributed by atoms with van der Waals surface area (Å²) in [5.41, 5.74) is 1.21. The van der Waals surface area contributed by atoms with Gasteiger partial charge in [0.25, 0.3) is 10.1 Å². The summed E-state index contributed by atoms with van der Waals surface area (Å²) < 4.78 is 66.4. The summed E-state index contributed by atoms with van der Waals surface area (Å²) in [4.78, 5) is 19.2. The molecule has 0 saturated carbocycles. The summed E-state index contributed by atoms with van der Waals surface area (Å²) in [6, 6.07) is 5.17. The number of anilines is 4. The van der Waals surface area contributed by atoms with Gasteiger partial charge < -0.3 is 21.3 Å². The second-order valence-electron chi connectivity index (χ2n) is 6.93. The van der Waals surface area contributed by atoms with Crippen LogP contribution in [-0.2, 0) is 27.5 Å². The van der Waals surface area contributed by atoms with Gasteiger partial charge in [0.15, 0.2) is 0 Å². The lowest BCUT2D eigenvalue weighted by Gasteiger charge is -2.15. The first-order valence-electron chi connectivity index (χ1n) is 9.90. The lowest BCUT2D eigenvalue weighted by Crippen LogP contribution is -2.17. The van der Waals surface area contributed by atoms with Crippen LogP contribution in [0.2, 0.25) is 0 Å². The number of carbonyl (C=O) groups excluding carboxylic acids is 1. The number of alkyl halides is 3. The van der Waals surface area contributed by atoms with Gasteiger partial charge in [0.05, 0.1) is 12.2 Å². The molecule has 1 aliphatic rings. The molecule has 1 amide bonds. The van der Waals surface area contributed by atoms with Gasteiger partial charge >= 0.3 is 6.18 Å². The van der Waals surface area contributed by atoms with Crippen LogP contribution in [0.5, 0.6) is 0 Å². The number of halogens is 3. The van der Waals surface area contributed by atoms with E-state index < -0.39 is 21.9 Å². The summed E-state index contributed by atoms with van der Waals surface area (Å²) in [5, 5.41) is 11.3. The number of fused-ring (bicyclic) bond motifs is 1. The van der Waals surface area contributed by atoms with Gasteiger partial charge in [-0.25, -0.2) is 4.98 Å². The number of hydrogen-bond donors (Lipinski definition) is 5. The molecule has 2 aromatic rings. The van der Waals surface area contributed by atoms with Gasteiger partial charge in [0, 0.05) is 24.1 Å². The maximum absolute atomic E-state index is 13.2. The summed E-state index contributed by atoms with van der Waals surface area (Å²) in [5.74, 6) is -0.529. The largest absolute Gasteiger partial charge is 0.421 e. The van der Waals surface area contributed by atoms with Gasteiger partial charge in [-0.15, -0.1) is 0 Å². The van der Waals surface area contributed by atoms with Crippen LogP contribution >= 0.6 is 0 Å². The fourth-order valence-electron chi connectivity index (χ4n) is 2.69. The first-order valence-corrected chi connectivity index (χ1v) is 11.5. The highest BCUT2D eigenvalue weighted by Gasteiger charge is 2.35. The van der Waals surface area contributed by atoms with Crippen LogP contribution in [0.4, 0.5) is 36.3 Å². The fraction of sp³-hybridized carbons (Fsp3) is 0.421. The van der Waals surface area contributed by atoms with E-state index in [0.717, 1.165) is 17.4 Å². The third-order valence-electron chi connectivity index (χ3n) is 4.34. The van der Waals surface area contributed by atoms with Crippen molar-refractivity contribution in [3.63, 3.8) is 0 Å². The molecule has 5 N–H and O–H groups in total. The van der Waals surface area contributed by atoms with E-state index in [9.17, 15) is 26.4 Å². The van der Waals surface area contributed by atoms with Crippen LogP contribution in [0.3, 0.4) is 0 Å². The van der Waals surface area contributed by atoms with Crippen molar-refractivity contribution < 1.29 is 30.9 Å². The first-order chi connectivity index (χ1) is 15.4. The van der Waals surface area contributed by atoms with Gasteiger partial charge in [-0.2, -0.15) is 26.6 Å². The van der Waals surface area contributed by atoms with E-state index in [1.807, 2.05) is 0 Å². The third-order valence-corrected chi connectivity index (χ3v) is 5.07. The minimum Gasteiger partial charge on any atom is -0.369 e. The molecule has 0 radical (unpaired) electrons. The zero-order chi connectivity index (χ0) is 24.6. The van der Waals surface area contributed by atoms with Crippen LogP contribution in [0.1, 0.15) is 24.5 Å². The van der Waals surface area contributed by atoms with Crippen molar-refractivity contribution in [3.8, 4) is 0 Å². The molecule has 0 bridgehead atoms. The molecule has 1 aromatic heterocycles. The van der Waals surface area contributed by atoms with E-state index in [4.69, 9.17) is 4.55 Å². The summed E-state index contributed by atoms with van der Waals surface area (Å²) in [6.07, 6.45) is -2.89. The van der Waals surface area contributed by atoms with Gasteiger partial charge in [-0.3, -0.25) is 9.35 Å².